The number of guanidine groups is 1. The lowest BCUT2D eigenvalue weighted by Gasteiger charge is -2.10. The minimum atomic E-state index is -4.74. The van der Waals surface area contributed by atoms with Crippen molar-refractivity contribution in [3.05, 3.63) is 60.5 Å². The van der Waals surface area contributed by atoms with Crippen molar-refractivity contribution in [1.82, 2.24) is 10.1 Å². The summed E-state index contributed by atoms with van der Waals surface area (Å²) in [6, 6.07) is 14.6. The van der Waals surface area contributed by atoms with Crippen LogP contribution >= 0.6 is 0 Å². The lowest BCUT2D eigenvalue weighted by Crippen LogP contribution is -2.23. The van der Waals surface area contributed by atoms with Gasteiger partial charge in [-0.1, -0.05) is 42.4 Å². The number of aromatic nitrogens is 2. The van der Waals surface area contributed by atoms with Gasteiger partial charge in [-0.3, -0.25) is 4.99 Å². The highest BCUT2D eigenvalue weighted by Gasteiger charge is 2.30. The zero-order chi connectivity index (χ0) is 20.9. The average molecular weight is 405 g/mol. The maximum atomic E-state index is 12.2. The third-order valence-electron chi connectivity index (χ3n) is 3.79. The maximum absolute atomic E-state index is 12.2. The van der Waals surface area contributed by atoms with E-state index in [2.05, 4.69) is 25.2 Å². The zero-order valence-electron chi connectivity index (χ0n) is 15.3. The number of hydrogen-bond donors (Lipinski definition) is 2. The van der Waals surface area contributed by atoms with Gasteiger partial charge in [0.15, 0.2) is 5.96 Å². The molecule has 0 spiro atoms. The van der Waals surface area contributed by atoms with Crippen LogP contribution in [0.15, 0.2) is 64.1 Å². The van der Waals surface area contributed by atoms with E-state index in [1.807, 2.05) is 37.3 Å². The topological polar surface area (TPSA) is 98.6 Å². The van der Waals surface area contributed by atoms with Crippen LogP contribution in [0, 0.1) is 0 Å². The number of nitrogens with two attached hydrogens (primary N) is 1. The van der Waals surface area contributed by atoms with Gasteiger partial charge in [0.05, 0.1) is 12.5 Å². The standard InChI is InChI=1S/C19H18F3N5O2/c1-12(17-26-16(27-29-17)13-5-3-2-4-6-13)11-24-18(23)25-14-7-9-15(10-8-14)28-19(20,21)22/h2-10,12H,11H2,1H3,(H3,23,24,25). The molecule has 3 N–H and O–H groups in total. The minimum Gasteiger partial charge on any atom is -0.406 e. The van der Waals surface area contributed by atoms with Gasteiger partial charge in [-0.05, 0) is 24.3 Å². The van der Waals surface area contributed by atoms with E-state index in [1.165, 1.54) is 24.3 Å². The number of anilines is 1. The molecule has 3 aromatic rings. The quantitative estimate of drug-likeness (QED) is 0.472. The molecule has 10 heteroatoms. The number of rotatable bonds is 6. The molecule has 0 aliphatic carbocycles. The second kappa shape index (κ2) is 8.63. The van der Waals surface area contributed by atoms with Gasteiger partial charge >= 0.3 is 6.36 Å². The van der Waals surface area contributed by atoms with Crippen LogP contribution in [0.3, 0.4) is 0 Å². The highest BCUT2D eigenvalue weighted by atomic mass is 19.4. The van der Waals surface area contributed by atoms with Crippen LogP contribution in [0.25, 0.3) is 11.4 Å². The Hall–Kier alpha value is -3.56. The Morgan fingerprint density at radius 2 is 1.86 bits per heavy atom. The first-order valence-corrected chi connectivity index (χ1v) is 8.62. The lowest BCUT2D eigenvalue weighted by atomic mass is 10.2. The fourth-order valence-corrected chi connectivity index (χ4v) is 2.38. The molecular weight excluding hydrogens is 387 g/mol. The van der Waals surface area contributed by atoms with Crippen molar-refractivity contribution < 1.29 is 22.4 Å². The van der Waals surface area contributed by atoms with Gasteiger partial charge in [-0.2, -0.15) is 4.98 Å². The first-order chi connectivity index (χ1) is 13.8. The number of benzene rings is 2. The van der Waals surface area contributed by atoms with Crippen LogP contribution in [0.4, 0.5) is 18.9 Å². The molecule has 0 fully saturated rings. The van der Waals surface area contributed by atoms with E-state index in [0.29, 0.717) is 17.4 Å². The molecular formula is C19H18F3N5O2. The number of hydrogen-bond acceptors (Lipinski definition) is 5. The summed E-state index contributed by atoms with van der Waals surface area (Å²) in [5.74, 6) is 0.516. The smallest absolute Gasteiger partial charge is 0.406 e. The van der Waals surface area contributed by atoms with E-state index in [9.17, 15) is 13.2 Å². The van der Waals surface area contributed by atoms with Crippen LogP contribution in [0.5, 0.6) is 5.75 Å². The van der Waals surface area contributed by atoms with Gasteiger partial charge in [0.2, 0.25) is 11.7 Å². The molecule has 7 nitrogen and oxygen atoms in total. The van der Waals surface area contributed by atoms with E-state index in [4.69, 9.17) is 10.3 Å². The van der Waals surface area contributed by atoms with Crippen LogP contribution in [0.2, 0.25) is 0 Å². The SMILES string of the molecule is CC(CN=C(N)Nc1ccc(OC(F)(F)F)cc1)c1nc(-c2ccccc2)no1. The summed E-state index contributed by atoms with van der Waals surface area (Å²) < 4.78 is 45.6. The normalized spacial score (nSPS) is 13.2. The van der Waals surface area contributed by atoms with Crippen molar-refractivity contribution in [2.24, 2.45) is 10.7 Å². The molecule has 0 amide bonds. The largest absolute Gasteiger partial charge is 0.573 e. The van der Waals surface area contributed by atoms with Crippen LogP contribution < -0.4 is 15.8 Å². The van der Waals surface area contributed by atoms with Crippen molar-refractivity contribution in [2.45, 2.75) is 19.2 Å². The summed E-state index contributed by atoms with van der Waals surface area (Å²) in [5, 5.41) is 6.76. The van der Waals surface area contributed by atoms with Crippen molar-refractivity contribution in [1.29, 1.82) is 0 Å². The number of aliphatic imine (C=N–C) groups is 1. The molecule has 0 bridgehead atoms. The molecule has 1 heterocycles. The van der Waals surface area contributed by atoms with Gasteiger partial charge in [0.1, 0.15) is 5.75 Å². The third kappa shape index (κ3) is 5.96. The lowest BCUT2D eigenvalue weighted by molar-refractivity contribution is -0.274. The molecule has 3 rings (SSSR count). The van der Waals surface area contributed by atoms with E-state index in [1.54, 1.807) is 0 Å². The monoisotopic (exact) mass is 405 g/mol. The number of nitrogens with one attached hydrogen (secondary N) is 1. The number of alkyl halides is 3. The Bertz CT molecular complexity index is 956. The molecule has 1 unspecified atom stereocenters. The Kier molecular flexibility index (Phi) is 6.01. The summed E-state index contributed by atoms with van der Waals surface area (Å²) in [5.41, 5.74) is 7.14. The summed E-state index contributed by atoms with van der Waals surface area (Å²) in [6.45, 7) is 2.15. The molecule has 152 valence electrons. The first kappa shape index (κ1) is 20.2. The van der Waals surface area contributed by atoms with E-state index in [0.717, 1.165) is 5.56 Å². The maximum Gasteiger partial charge on any atom is 0.573 e. The highest BCUT2D eigenvalue weighted by molar-refractivity contribution is 5.92. The van der Waals surface area contributed by atoms with Crippen molar-refractivity contribution >= 4 is 11.6 Å². The van der Waals surface area contributed by atoms with Crippen molar-refractivity contribution in [3.63, 3.8) is 0 Å². The molecule has 1 atom stereocenters. The first-order valence-electron chi connectivity index (χ1n) is 8.62. The summed E-state index contributed by atoms with van der Waals surface area (Å²) >= 11 is 0. The highest BCUT2D eigenvalue weighted by Crippen LogP contribution is 2.24. The predicted octanol–water partition coefficient (Wildman–Crippen LogP) is 4.17. The zero-order valence-corrected chi connectivity index (χ0v) is 15.3. The van der Waals surface area contributed by atoms with Crippen LogP contribution in [-0.4, -0.2) is 29.0 Å². The summed E-state index contributed by atoms with van der Waals surface area (Å²) in [7, 11) is 0. The number of ether oxygens (including phenoxy) is 1. The Morgan fingerprint density at radius 1 is 1.17 bits per heavy atom. The summed E-state index contributed by atoms with van der Waals surface area (Å²) in [6.07, 6.45) is -4.74. The molecule has 29 heavy (non-hydrogen) atoms. The molecule has 0 saturated heterocycles. The molecule has 0 radical (unpaired) electrons. The Balaban J connectivity index is 1.56. The molecule has 0 aliphatic rings. The Morgan fingerprint density at radius 3 is 2.52 bits per heavy atom. The van der Waals surface area contributed by atoms with E-state index >= 15 is 0 Å². The predicted molar refractivity (Wildman–Crippen MR) is 101 cm³/mol. The molecule has 0 aliphatic heterocycles. The van der Waals surface area contributed by atoms with Crippen LogP contribution in [0.1, 0.15) is 18.7 Å². The third-order valence-corrected chi connectivity index (χ3v) is 3.79. The van der Waals surface area contributed by atoms with Crippen LogP contribution in [-0.2, 0) is 0 Å². The van der Waals surface area contributed by atoms with Crippen molar-refractivity contribution in [3.8, 4) is 17.1 Å². The van der Waals surface area contributed by atoms with Gasteiger partial charge in [0.25, 0.3) is 0 Å². The molecule has 1 aromatic heterocycles. The minimum absolute atomic E-state index is 0.101. The fraction of sp³-hybridized carbons (Fsp3) is 0.211. The number of nitrogens with zero attached hydrogens (tertiary/aromatic N) is 3. The second-order valence-electron chi connectivity index (χ2n) is 6.15. The average Bonchev–Trinajstić information content (AvgIpc) is 3.18. The van der Waals surface area contributed by atoms with Gasteiger partial charge in [-0.15, -0.1) is 13.2 Å². The van der Waals surface area contributed by atoms with E-state index in [-0.39, 0.29) is 24.2 Å². The Labute approximate surface area is 164 Å². The van der Waals surface area contributed by atoms with Crippen molar-refractivity contribution in [2.75, 3.05) is 11.9 Å². The fourth-order valence-electron chi connectivity index (χ4n) is 2.38. The molecule has 2 aromatic carbocycles. The summed E-state index contributed by atoms with van der Waals surface area (Å²) in [4.78, 5) is 8.57. The molecule has 0 saturated carbocycles. The second-order valence-corrected chi connectivity index (χ2v) is 6.15. The van der Waals surface area contributed by atoms with Gasteiger partial charge in [0, 0.05) is 11.3 Å². The number of halogens is 3. The van der Waals surface area contributed by atoms with E-state index < -0.39 is 6.36 Å². The van der Waals surface area contributed by atoms with Gasteiger partial charge in [-0.25, -0.2) is 0 Å². The van der Waals surface area contributed by atoms with Gasteiger partial charge < -0.3 is 20.3 Å².